The molecule has 23 heavy (non-hydrogen) atoms. The molecule has 2 rings (SSSR count). The highest BCUT2D eigenvalue weighted by molar-refractivity contribution is 8.00. The van der Waals surface area contributed by atoms with Crippen molar-refractivity contribution in [2.45, 2.75) is 18.2 Å². The highest BCUT2D eigenvalue weighted by Gasteiger charge is 2.05. The van der Waals surface area contributed by atoms with E-state index in [0.29, 0.717) is 28.6 Å². The third kappa shape index (κ3) is 5.96. The van der Waals surface area contributed by atoms with Crippen LogP contribution in [-0.4, -0.2) is 17.6 Å². The van der Waals surface area contributed by atoms with Gasteiger partial charge in [-0.1, -0.05) is 18.5 Å². The molecule has 0 saturated heterocycles. The zero-order chi connectivity index (χ0) is 16.7. The molecule has 0 saturated carbocycles. The Morgan fingerprint density at radius 1 is 0.913 bits per heavy atom. The average molecular weight is 349 g/mol. The van der Waals surface area contributed by atoms with Crippen molar-refractivity contribution in [2.75, 3.05) is 16.4 Å². The van der Waals surface area contributed by atoms with Crippen molar-refractivity contribution in [1.29, 1.82) is 0 Å². The maximum atomic E-state index is 11.9. The molecule has 0 bridgehead atoms. The van der Waals surface area contributed by atoms with Crippen molar-refractivity contribution in [1.82, 2.24) is 0 Å². The van der Waals surface area contributed by atoms with E-state index in [2.05, 4.69) is 10.6 Å². The minimum Gasteiger partial charge on any atom is -0.326 e. The van der Waals surface area contributed by atoms with E-state index in [1.807, 2.05) is 12.1 Å². The normalized spacial score (nSPS) is 10.2. The fourth-order valence-corrected chi connectivity index (χ4v) is 2.59. The fourth-order valence-electron chi connectivity index (χ4n) is 1.76. The van der Waals surface area contributed by atoms with Gasteiger partial charge in [0, 0.05) is 27.7 Å². The molecule has 0 aliphatic carbocycles. The molecule has 0 fully saturated rings. The van der Waals surface area contributed by atoms with Crippen molar-refractivity contribution in [3.05, 3.63) is 53.6 Å². The van der Waals surface area contributed by atoms with E-state index in [9.17, 15) is 9.59 Å². The number of nitrogens with one attached hydrogen (secondary N) is 2. The van der Waals surface area contributed by atoms with Crippen LogP contribution in [0.5, 0.6) is 0 Å². The number of thioether (sulfide) groups is 1. The molecule has 0 radical (unpaired) electrons. The lowest BCUT2D eigenvalue weighted by Crippen LogP contribution is -2.14. The number of rotatable bonds is 6. The number of hydrogen-bond donors (Lipinski definition) is 2. The Bertz CT molecular complexity index is 672. The Balaban J connectivity index is 1.82. The molecule has 2 aromatic carbocycles. The van der Waals surface area contributed by atoms with E-state index in [-0.39, 0.29) is 11.8 Å². The van der Waals surface area contributed by atoms with Crippen LogP contribution in [0, 0.1) is 0 Å². The third-order valence-electron chi connectivity index (χ3n) is 2.96. The molecule has 4 nitrogen and oxygen atoms in total. The molecular formula is C17H17ClN2O2S. The van der Waals surface area contributed by atoms with Gasteiger partial charge in [-0.25, -0.2) is 0 Å². The van der Waals surface area contributed by atoms with Gasteiger partial charge in [-0.15, -0.1) is 11.8 Å². The van der Waals surface area contributed by atoms with Gasteiger partial charge in [-0.2, -0.15) is 0 Å². The number of carbonyl (C=O) groups excluding carboxylic acids is 2. The summed E-state index contributed by atoms with van der Waals surface area (Å²) in [6, 6.07) is 14.4. The maximum Gasteiger partial charge on any atom is 0.234 e. The molecule has 0 atom stereocenters. The van der Waals surface area contributed by atoms with Crippen LogP contribution < -0.4 is 10.6 Å². The van der Waals surface area contributed by atoms with Gasteiger partial charge >= 0.3 is 0 Å². The largest absolute Gasteiger partial charge is 0.326 e. The first-order valence-electron chi connectivity index (χ1n) is 7.15. The lowest BCUT2D eigenvalue weighted by Gasteiger charge is -2.07. The first kappa shape index (κ1) is 17.4. The van der Waals surface area contributed by atoms with Crippen molar-refractivity contribution in [2.24, 2.45) is 0 Å². The van der Waals surface area contributed by atoms with Gasteiger partial charge in [0.1, 0.15) is 0 Å². The highest BCUT2D eigenvalue weighted by Crippen LogP contribution is 2.21. The molecule has 0 unspecified atom stereocenters. The van der Waals surface area contributed by atoms with Gasteiger partial charge in [-0.05, 0) is 48.5 Å². The predicted octanol–water partition coefficient (Wildman–Crippen LogP) is 4.42. The lowest BCUT2D eigenvalue weighted by molar-refractivity contribution is -0.116. The van der Waals surface area contributed by atoms with E-state index in [1.165, 1.54) is 11.8 Å². The van der Waals surface area contributed by atoms with Gasteiger partial charge in [-0.3, -0.25) is 9.59 Å². The molecule has 0 heterocycles. The van der Waals surface area contributed by atoms with Crippen LogP contribution in [0.25, 0.3) is 0 Å². The minimum absolute atomic E-state index is 0.0406. The van der Waals surface area contributed by atoms with Gasteiger partial charge in [0.2, 0.25) is 11.8 Å². The number of amides is 2. The second-order valence-corrected chi connectivity index (χ2v) is 6.26. The van der Waals surface area contributed by atoms with Crippen molar-refractivity contribution < 1.29 is 9.59 Å². The number of carbonyl (C=O) groups is 2. The maximum absolute atomic E-state index is 11.9. The van der Waals surface area contributed by atoms with Crippen LogP contribution in [0.2, 0.25) is 5.02 Å². The zero-order valence-corrected chi connectivity index (χ0v) is 14.2. The quantitative estimate of drug-likeness (QED) is 0.760. The Labute approximate surface area is 144 Å². The molecule has 2 N–H and O–H groups in total. The monoisotopic (exact) mass is 348 g/mol. The summed E-state index contributed by atoms with van der Waals surface area (Å²) in [7, 11) is 0. The summed E-state index contributed by atoms with van der Waals surface area (Å²) in [6.45, 7) is 1.79. The Kier molecular flexibility index (Phi) is 6.50. The Morgan fingerprint density at radius 2 is 1.43 bits per heavy atom. The predicted molar refractivity (Wildman–Crippen MR) is 96.2 cm³/mol. The molecule has 0 aromatic heterocycles. The molecule has 0 aliphatic heterocycles. The van der Waals surface area contributed by atoms with Gasteiger partial charge in [0.25, 0.3) is 0 Å². The van der Waals surface area contributed by atoms with E-state index >= 15 is 0 Å². The van der Waals surface area contributed by atoms with Gasteiger partial charge in [0.15, 0.2) is 0 Å². The summed E-state index contributed by atoms with van der Waals surface area (Å²) < 4.78 is 0. The standard InChI is InChI=1S/C17H17ClN2O2S/c1-2-16(21)19-13-5-7-14(8-6-13)20-17(22)11-23-15-9-3-12(18)4-10-15/h3-10H,2,11H2,1H3,(H,19,21)(H,20,22). The SMILES string of the molecule is CCC(=O)Nc1ccc(NC(=O)CSc2ccc(Cl)cc2)cc1. The second kappa shape index (κ2) is 8.60. The van der Waals surface area contributed by atoms with Crippen LogP contribution in [-0.2, 0) is 9.59 Å². The molecular weight excluding hydrogens is 332 g/mol. The topological polar surface area (TPSA) is 58.2 Å². The zero-order valence-electron chi connectivity index (χ0n) is 12.6. The summed E-state index contributed by atoms with van der Waals surface area (Å²) in [4.78, 5) is 24.2. The summed E-state index contributed by atoms with van der Waals surface area (Å²) in [6.07, 6.45) is 0.431. The number of benzene rings is 2. The van der Waals surface area contributed by atoms with Crippen molar-refractivity contribution in [3.63, 3.8) is 0 Å². The number of halogens is 1. The van der Waals surface area contributed by atoms with Crippen LogP contribution >= 0.6 is 23.4 Å². The summed E-state index contributed by atoms with van der Waals surface area (Å²) in [5.74, 6) is 0.187. The van der Waals surface area contributed by atoms with Crippen LogP contribution in [0.3, 0.4) is 0 Å². The van der Waals surface area contributed by atoms with Crippen LogP contribution in [0.1, 0.15) is 13.3 Å². The van der Waals surface area contributed by atoms with Crippen molar-refractivity contribution in [3.8, 4) is 0 Å². The van der Waals surface area contributed by atoms with Crippen LogP contribution in [0.4, 0.5) is 11.4 Å². The Hall–Kier alpha value is -1.98. The van der Waals surface area contributed by atoms with E-state index in [0.717, 1.165) is 4.90 Å². The van der Waals surface area contributed by atoms with Crippen molar-refractivity contribution >= 4 is 46.6 Å². The molecule has 120 valence electrons. The summed E-state index contributed by atoms with van der Waals surface area (Å²) in [5.41, 5.74) is 1.41. The number of hydrogen-bond acceptors (Lipinski definition) is 3. The first-order valence-corrected chi connectivity index (χ1v) is 8.51. The summed E-state index contributed by atoms with van der Waals surface area (Å²) >= 11 is 7.26. The molecule has 2 amide bonds. The number of anilines is 2. The third-order valence-corrected chi connectivity index (χ3v) is 4.22. The molecule has 2 aromatic rings. The smallest absolute Gasteiger partial charge is 0.234 e. The molecule has 0 aliphatic rings. The average Bonchev–Trinajstić information content (AvgIpc) is 2.56. The van der Waals surface area contributed by atoms with E-state index in [1.54, 1.807) is 43.3 Å². The minimum atomic E-state index is -0.0877. The Morgan fingerprint density at radius 3 is 1.96 bits per heavy atom. The highest BCUT2D eigenvalue weighted by atomic mass is 35.5. The first-order chi connectivity index (χ1) is 11.1. The lowest BCUT2D eigenvalue weighted by atomic mass is 10.2. The van der Waals surface area contributed by atoms with Crippen LogP contribution in [0.15, 0.2) is 53.4 Å². The second-order valence-electron chi connectivity index (χ2n) is 4.77. The fraction of sp³-hybridized carbons (Fsp3) is 0.176. The van der Waals surface area contributed by atoms with E-state index < -0.39 is 0 Å². The van der Waals surface area contributed by atoms with Gasteiger partial charge < -0.3 is 10.6 Å². The molecule has 0 spiro atoms. The van der Waals surface area contributed by atoms with E-state index in [4.69, 9.17) is 11.6 Å². The molecule has 6 heteroatoms. The summed E-state index contributed by atoms with van der Waals surface area (Å²) in [5, 5.41) is 6.25. The van der Waals surface area contributed by atoms with Gasteiger partial charge in [0.05, 0.1) is 5.75 Å².